The summed E-state index contributed by atoms with van der Waals surface area (Å²) in [6.45, 7) is 8.61. The molecule has 1 aliphatic rings. The molecule has 0 spiro atoms. The Labute approximate surface area is 125 Å². The second-order valence-electron chi connectivity index (χ2n) is 6.35. The fourth-order valence-corrected chi connectivity index (χ4v) is 3.13. The molecule has 4 nitrogen and oxygen atoms in total. The second kappa shape index (κ2) is 5.53. The molecule has 2 atom stereocenters. The molecule has 1 saturated heterocycles. The molecular weight excluding hydrogens is 262 g/mol. The molecule has 2 aromatic rings. The van der Waals surface area contributed by atoms with Gasteiger partial charge in [-0.05, 0) is 31.9 Å². The number of para-hydroxylation sites is 1. The molecule has 4 heteroatoms. The van der Waals surface area contributed by atoms with Gasteiger partial charge in [0, 0.05) is 36.8 Å². The van der Waals surface area contributed by atoms with Crippen molar-refractivity contribution in [3.05, 3.63) is 36.0 Å². The average molecular weight is 285 g/mol. The third kappa shape index (κ3) is 2.68. The number of nitrogens with one attached hydrogen (secondary N) is 2. The Kier molecular flexibility index (Phi) is 3.72. The quantitative estimate of drug-likeness (QED) is 0.910. The van der Waals surface area contributed by atoms with Crippen molar-refractivity contribution in [2.75, 3.05) is 13.1 Å². The number of carbonyl (C=O) groups is 1. The predicted octanol–water partition coefficient (Wildman–Crippen LogP) is 2.63. The van der Waals surface area contributed by atoms with Gasteiger partial charge in [0.25, 0.3) is 5.91 Å². The number of likely N-dealkylation sites (tertiary alicyclic amines) is 1. The van der Waals surface area contributed by atoms with E-state index in [0.717, 1.165) is 29.6 Å². The maximum Gasteiger partial charge on any atom is 0.253 e. The van der Waals surface area contributed by atoms with Crippen molar-refractivity contribution in [1.82, 2.24) is 15.2 Å². The number of H-pyrrole nitrogens is 1. The van der Waals surface area contributed by atoms with Gasteiger partial charge in [-0.25, -0.2) is 0 Å². The molecule has 3 rings (SSSR count). The molecule has 0 bridgehead atoms. The minimum atomic E-state index is 0.0190. The fraction of sp³-hybridized carbons (Fsp3) is 0.471. The van der Waals surface area contributed by atoms with Gasteiger partial charge in [0.2, 0.25) is 0 Å². The Balaban J connectivity index is 1.76. The van der Waals surface area contributed by atoms with E-state index >= 15 is 0 Å². The molecule has 1 fully saturated rings. The van der Waals surface area contributed by atoms with E-state index in [1.165, 1.54) is 0 Å². The maximum absolute atomic E-state index is 12.6. The zero-order chi connectivity index (χ0) is 15.0. The largest absolute Gasteiger partial charge is 0.361 e. The van der Waals surface area contributed by atoms with Gasteiger partial charge in [0.15, 0.2) is 0 Å². The van der Waals surface area contributed by atoms with Crippen LogP contribution in [-0.4, -0.2) is 41.0 Å². The summed E-state index contributed by atoms with van der Waals surface area (Å²) in [7, 11) is 0. The first-order valence-electron chi connectivity index (χ1n) is 7.67. The third-order valence-electron chi connectivity index (χ3n) is 4.52. The molecule has 1 aliphatic heterocycles. The number of nitrogens with zero attached hydrogens (tertiary/aromatic N) is 1. The lowest BCUT2D eigenvalue weighted by atomic mass is 10.1. The average Bonchev–Trinajstić information content (AvgIpc) is 3.05. The lowest BCUT2D eigenvalue weighted by Crippen LogP contribution is -2.40. The number of aromatic nitrogens is 1. The normalized spacial score (nSPS) is 23.0. The van der Waals surface area contributed by atoms with Crippen LogP contribution in [0.25, 0.3) is 10.9 Å². The first-order chi connectivity index (χ1) is 10.1. The molecule has 1 aromatic heterocycles. The van der Waals surface area contributed by atoms with Crippen LogP contribution in [0.4, 0.5) is 0 Å². The maximum atomic E-state index is 12.6. The Bertz CT molecular complexity index is 646. The second-order valence-corrected chi connectivity index (χ2v) is 6.35. The highest BCUT2D eigenvalue weighted by atomic mass is 16.1. The van der Waals surface area contributed by atoms with E-state index in [2.05, 4.69) is 36.0 Å². The third-order valence-corrected chi connectivity index (χ3v) is 4.52. The molecule has 112 valence electrons. The van der Waals surface area contributed by atoms with E-state index in [9.17, 15) is 4.79 Å². The van der Waals surface area contributed by atoms with Gasteiger partial charge in [-0.2, -0.15) is 0 Å². The summed E-state index contributed by atoms with van der Waals surface area (Å²) < 4.78 is 0. The fourth-order valence-electron chi connectivity index (χ4n) is 3.13. The summed E-state index contributed by atoms with van der Waals surface area (Å²) in [5.74, 6) is 0.504. The first kappa shape index (κ1) is 14.1. The summed E-state index contributed by atoms with van der Waals surface area (Å²) in [5, 5.41) is 4.29. The Morgan fingerprint density at radius 1 is 1.33 bits per heavy atom. The Morgan fingerprint density at radius 2 is 2.14 bits per heavy atom. The standard InChI is InChI=1S/C17H23N3O/c1-11(2)20-9-12(3)15(10-20)19-17(21)14-6-4-5-13-7-8-18-16(13)14/h4-8,11-12,15,18H,9-10H2,1-3H3,(H,19,21). The van der Waals surface area contributed by atoms with Crippen LogP contribution in [-0.2, 0) is 0 Å². The van der Waals surface area contributed by atoms with Crippen LogP contribution < -0.4 is 5.32 Å². The molecule has 1 amide bonds. The molecular formula is C17H23N3O. The van der Waals surface area contributed by atoms with E-state index < -0.39 is 0 Å². The van der Waals surface area contributed by atoms with Crippen molar-refractivity contribution >= 4 is 16.8 Å². The van der Waals surface area contributed by atoms with Crippen LogP contribution in [0, 0.1) is 5.92 Å². The van der Waals surface area contributed by atoms with E-state index in [4.69, 9.17) is 0 Å². The predicted molar refractivity (Wildman–Crippen MR) is 85.4 cm³/mol. The zero-order valence-corrected chi connectivity index (χ0v) is 12.9. The van der Waals surface area contributed by atoms with Crippen molar-refractivity contribution in [2.24, 2.45) is 5.92 Å². The first-order valence-corrected chi connectivity index (χ1v) is 7.67. The van der Waals surface area contributed by atoms with Crippen molar-refractivity contribution in [3.8, 4) is 0 Å². The molecule has 1 aromatic carbocycles. The minimum Gasteiger partial charge on any atom is -0.361 e. The number of hydrogen-bond donors (Lipinski definition) is 2. The van der Waals surface area contributed by atoms with Gasteiger partial charge in [-0.3, -0.25) is 9.69 Å². The van der Waals surface area contributed by atoms with Crippen molar-refractivity contribution in [1.29, 1.82) is 0 Å². The smallest absolute Gasteiger partial charge is 0.253 e. The molecule has 0 saturated carbocycles. The number of aromatic amines is 1. The van der Waals surface area contributed by atoms with Crippen LogP contribution in [0.3, 0.4) is 0 Å². The van der Waals surface area contributed by atoms with E-state index in [-0.39, 0.29) is 11.9 Å². The van der Waals surface area contributed by atoms with Gasteiger partial charge in [0.1, 0.15) is 0 Å². The summed E-state index contributed by atoms with van der Waals surface area (Å²) in [6.07, 6.45) is 1.88. The van der Waals surface area contributed by atoms with Crippen molar-refractivity contribution < 1.29 is 4.79 Å². The monoisotopic (exact) mass is 285 g/mol. The van der Waals surface area contributed by atoms with Crippen LogP contribution >= 0.6 is 0 Å². The number of fused-ring (bicyclic) bond motifs is 1. The van der Waals surface area contributed by atoms with Gasteiger partial charge in [-0.15, -0.1) is 0 Å². The van der Waals surface area contributed by atoms with Gasteiger partial charge in [0.05, 0.1) is 11.1 Å². The highest BCUT2D eigenvalue weighted by molar-refractivity contribution is 6.05. The molecule has 0 radical (unpaired) electrons. The molecule has 2 heterocycles. The number of amides is 1. The van der Waals surface area contributed by atoms with Gasteiger partial charge >= 0.3 is 0 Å². The minimum absolute atomic E-state index is 0.0190. The van der Waals surface area contributed by atoms with E-state index in [1.54, 1.807) is 0 Å². The van der Waals surface area contributed by atoms with Crippen molar-refractivity contribution in [2.45, 2.75) is 32.9 Å². The lowest BCUT2D eigenvalue weighted by Gasteiger charge is -2.20. The number of carbonyl (C=O) groups excluding carboxylic acids is 1. The molecule has 0 aliphatic carbocycles. The summed E-state index contributed by atoms with van der Waals surface area (Å²) in [4.78, 5) is 18.2. The summed E-state index contributed by atoms with van der Waals surface area (Å²) >= 11 is 0. The van der Waals surface area contributed by atoms with Crippen LogP contribution in [0.1, 0.15) is 31.1 Å². The topological polar surface area (TPSA) is 48.1 Å². The highest BCUT2D eigenvalue weighted by Crippen LogP contribution is 2.21. The van der Waals surface area contributed by atoms with Crippen molar-refractivity contribution in [3.63, 3.8) is 0 Å². The summed E-state index contributed by atoms with van der Waals surface area (Å²) in [6, 6.07) is 8.58. The Hall–Kier alpha value is -1.81. The van der Waals surface area contributed by atoms with E-state index in [0.29, 0.717) is 12.0 Å². The van der Waals surface area contributed by atoms with Crippen LogP contribution in [0.5, 0.6) is 0 Å². The van der Waals surface area contributed by atoms with Crippen LogP contribution in [0.2, 0.25) is 0 Å². The number of rotatable bonds is 3. The van der Waals surface area contributed by atoms with Crippen LogP contribution in [0.15, 0.2) is 30.5 Å². The summed E-state index contributed by atoms with van der Waals surface area (Å²) in [5.41, 5.74) is 1.65. The Morgan fingerprint density at radius 3 is 2.86 bits per heavy atom. The lowest BCUT2D eigenvalue weighted by molar-refractivity contribution is 0.0932. The molecule has 2 unspecified atom stereocenters. The number of benzene rings is 1. The molecule has 21 heavy (non-hydrogen) atoms. The van der Waals surface area contributed by atoms with E-state index in [1.807, 2.05) is 30.5 Å². The SMILES string of the molecule is CC1CN(C(C)C)CC1NC(=O)c1cccc2cc[nH]c12. The highest BCUT2D eigenvalue weighted by Gasteiger charge is 2.32. The number of hydrogen-bond acceptors (Lipinski definition) is 2. The zero-order valence-electron chi connectivity index (χ0n) is 12.9. The van der Waals surface area contributed by atoms with Gasteiger partial charge in [-0.1, -0.05) is 19.1 Å². The van der Waals surface area contributed by atoms with Gasteiger partial charge < -0.3 is 10.3 Å². The molecule has 2 N–H and O–H groups in total.